The molecular formula is C17H29N5O9. The molecule has 0 aliphatic carbocycles. The molecule has 1 unspecified atom stereocenters. The molecule has 1 aliphatic rings. The van der Waals surface area contributed by atoms with Crippen LogP contribution in [-0.4, -0.2) is 136 Å². The van der Waals surface area contributed by atoms with Gasteiger partial charge < -0.3 is 40.4 Å². The second kappa shape index (κ2) is 12.4. The molecule has 14 heteroatoms. The normalized spacial score (nSPS) is 17.8. The number of nitrogens with zero attached hydrogens (tertiary/aromatic N) is 4. The first kappa shape index (κ1) is 25.7. The minimum absolute atomic E-state index is 0.0302. The number of hydrogen-bond acceptors (Lipinski definition) is 6. The predicted octanol–water partition coefficient (Wildman–Crippen LogP) is -0.779. The van der Waals surface area contributed by atoms with Gasteiger partial charge in [-0.25, -0.2) is 14.4 Å². The second-order valence-electron chi connectivity index (χ2n) is 6.91. The third-order valence-corrected chi connectivity index (χ3v) is 5.06. The molecule has 31 heavy (non-hydrogen) atoms. The molecule has 0 spiro atoms. The Morgan fingerprint density at radius 1 is 0.710 bits per heavy atom. The summed E-state index contributed by atoms with van der Waals surface area (Å²) in [4.78, 5) is 62.2. The quantitative estimate of drug-likeness (QED) is 0.357. The Morgan fingerprint density at radius 2 is 1.06 bits per heavy atom. The van der Waals surface area contributed by atoms with E-state index in [-0.39, 0.29) is 71.1 Å². The summed E-state index contributed by atoms with van der Waals surface area (Å²) in [6, 6.07) is -1.12. The van der Waals surface area contributed by atoms with Crippen LogP contribution in [0.25, 0.3) is 0 Å². The SMILES string of the molecule is CNC(=O)CCC(C(=O)O)N1CCN(C(=O)O)CCN(C(=O)O)CCN(C(=O)O)CC1. The van der Waals surface area contributed by atoms with Crippen molar-refractivity contribution in [3.05, 3.63) is 0 Å². The van der Waals surface area contributed by atoms with Crippen LogP contribution in [0, 0.1) is 0 Å². The van der Waals surface area contributed by atoms with Crippen molar-refractivity contribution in [3.8, 4) is 0 Å². The molecule has 1 heterocycles. The summed E-state index contributed by atoms with van der Waals surface area (Å²) in [5.74, 6) is -1.56. The summed E-state index contributed by atoms with van der Waals surface area (Å²) in [6.07, 6.45) is -3.97. The van der Waals surface area contributed by atoms with Crippen molar-refractivity contribution in [2.45, 2.75) is 18.9 Å². The van der Waals surface area contributed by atoms with E-state index in [1.54, 1.807) is 0 Å². The number of nitrogens with one attached hydrogen (secondary N) is 1. The van der Waals surface area contributed by atoms with E-state index in [2.05, 4.69) is 5.32 Å². The van der Waals surface area contributed by atoms with Crippen LogP contribution in [0.1, 0.15) is 12.8 Å². The lowest BCUT2D eigenvalue weighted by Gasteiger charge is -2.34. The topological polar surface area (TPSA) is 191 Å². The van der Waals surface area contributed by atoms with Crippen LogP contribution < -0.4 is 5.32 Å². The lowest BCUT2D eigenvalue weighted by molar-refractivity contribution is -0.143. The summed E-state index contributed by atoms with van der Waals surface area (Å²) < 4.78 is 0. The van der Waals surface area contributed by atoms with E-state index in [1.807, 2.05) is 0 Å². The first-order valence-electron chi connectivity index (χ1n) is 9.67. The zero-order valence-corrected chi connectivity index (χ0v) is 17.3. The Labute approximate surface area is 178 Å². The summed E-state index contributed by atoms with van der Waals surface area (Å²) in [6.45, 7) is -0.909. The van der Waals surface area contributed by atoms with Crippen molar-refractivity contribution in [1.82, 2.24) is 24.9 Å². The van der Waals surface area contributed by atoms with Gasteiger partial charge >= 0.3 is 24.2 Å². The molecule has 176 valence electrons. The number of carbonyl (C=O) groups is 5. The highest BCUT2D eigenvalue weighted by Crippen LogP contribution is 2.10. The minimum Gasteiger partial charge on any atom is -0.480 e. The van der Waals surface area contributed by atoms with E-state index in [0.717, 1.165) is 14.7 Å². The molecule has 0 radical (unpaired) electrons. The number of carbonyl (C=O) groups excluding carboxylic acids is 1. The monoisotopic (exact) mass is 447 g/mol. The molecule has 1 fully saturated rings. The Balaban J connectivity index is 3.09. The molecule has 1 saturated heterocycles. The van der Waals surface area contributed by atoms with E-state index in [9.17, 15) is 44.4 Å². The zero-order chi connectivity index (χ0) is 23.6. The first-order valence-corrected chi connectivity index (χ1v) is 9.67. The summed E-state index contributed by atoms with van der Waals surface area (Å²) in [5.41, 5.74) is 0. The third-order valence-electron chi connectivity index (χ3n) is 5.06. The first-order chi connectivity index (χ1) is 14.6. The van der Waals surface area contributed by atoms with Gasteiger partial charge in [0.1, 0.15) is 6.04 Å². The molecule has 0 aromatic heterocycles. The van der Waals surface area contributed by atoms with Gasteiger partial charge in [0.2, 0.25) is 5.91 Å². The predicted molar refractivity (Wildman–Crippen MR) is 105 cm³/mol. The molecule has 0 aromatic rings. The maximum Gasteiger partial charge on any atom is 0.407 e. The Kier molecular flexibility index (Phi) is 10.3. The van der Waals surface area contributed by atoms with Gasteiger partial charge in [-0.15, -0.1) is 0 Å². The van der Waals surface area contributed by atoms with Crippen molar-refractivity contribution in [2.24, 2.45) is 0 Å². The number of rotatable bonds is 5. The van der Waals surface area contributed by atoms with Crippen molar-refractivity contribution in [3.63, 3.8) is 0 Å². The Hall–Kier alpha value is -3.29. The summed E-state index contributed by atoms with van der Waals surface area (Å²) in [7, 11) is 1.42. The van der Waals surface area contributed by atoms with Crippen molar-refractivity contribution in [2.75, 3.05) is 59.4 Å². The molecule has 5 N–H and O–H groups in total. The van der Waals surface area contributed by atoms with Gasteiger partial charge in [0.05, 0.1) is 0 Å². The van der Waals surface area contributed by atoms with Gasteiger partial charge in [-0.2, -0.15) is 0 Å². The minimum atomic E-state index is -1.30. The zero-order valence-electron chi connectivity index (χ0n) is 17.3. The lowest BCUT2D eigenvalue weighted by Crippen LogP contribution is -2.52. The van der Waals surface area contributed by atoms with Crippen LogP contribution in [-0.2, 0) is 9.59 Å². The van der Waals surface area contributed by atoms with Gasteiger partial charge in [-0.1, -0.05) is 0 Å². The Bertz CT molecular complexity index is 644. The smallest absolute Gasteiger partial charge is 0.407 e. The molecule has 0 aromatic carbocycles. The fourth-order valence-corrected chi connectivity index (χ4v) is 3.17. The molecule has 4 amide bonds. The van der Waals surface area contributed by atoms with Crippen molar-refractivity contribution < 1.29 is 44.4 Å². The van der Waals surface area contributed by atoms with Crippen LogP contribution >= 0.6 is 0 Å². The van der Waals surface area contributed by atoms with E-state index in [4.69, 9.17) is 0 Å². The molecule has 1 aliphatic heterocycles. The van der Waals surface area contributed by atoms with Gasteiger partial charge in [0, 0.05) is 65.8 Å². The largest absolute Gasteiger partial charge is 0.480 e. The van der Waals surface area contributed by atoms with E-state index >= 15 is 0 Å². The molecule has 0 saturated carbocycles. The molecular weight excluding hydrogens is 418 g/mol. The van der Waals surface area contributed by atoms with Crippen LogP contribution in [0.3, 0.4) is 0 Å². The number of carboxylic acid groups (broad SMARTS) is 4. The number of amides is 4. The van der Waals surface area contributed by atoms with Gasteiger partial charge in [0.25, 0.3) is 0 Å². The molecule has 1 atom stereocenters. The van der Waals surface area contributed by atoms with Crippen LogP contribution in [0.15, 0.2) is 0 Å². The number of carboxylic acids is 1. The standard InChI is InChI=1S/C17H29N5O9/c1-18-13(23)3-2-12(14(24)25)19-4-6-20(15(26)27)8-10-22(17(30)31)11-9-21(7-5-19)16(28)29/h12H,2-11H2,1H3,(H,18,23)(H,24,25)(H,26,27)(H,28,29)(H,30,31). The highest BCUT2D eigenvalue weighted by molar-refractivity contribution is 5.78. The number of hydrogen-bond donors (Lipinski definition) is 5. The maximum atomic E-state index is 11.8. The number of aliphatic carboxylic acids is 1. The lowest BCUT2D eigenvalue weighted by atomic mass is 10.1. The molecule has 0 bridgehead atoms. The van der Waals surface area contributed by atoms with Gasteiger partial charge in [-0.05, 0) is 6.42 Å². The third kappa shape index (κ3) is 8.54. The highest BCUT2D eigenvalue weighted by Gasteiger charge is 2.29. The average molecular weight is 447 g/mol. The highest BCUT2D eigenvalue weighted by atomic mass is 16.4. The molecule has 1 rings (SSSR count). The fraction of sp³-hybridized carbons (Fsp3) is 0.706. The Morgan fingerprint density at radius 3 is 1.35 bits per heavy atom. The second-order valence-corrected chi connectivity index (χ2v) is 6.91. The van der Waals surface area contributed by atoms with Gasteiger partial charge in [-0.3, -0.25) is 14.5 Å². The maximum absolute atomic E-state index is 11.8. The van der Waals surface area contributed by atoms with E-state index in [1.165, 1.54) is 11.9 Å². The van der Waals surface area contributed by atoms with Crippen LogP contribution in [0.5, 0.6) is 0 Å². The van der Waals surface area contributed by atoms with Crippen molar-refractivity contribution >= 4 is 30.2 Å². The van der Waals surface area contributed by atoms with Crippen LogP contribution in [0.4, 0.5) is 14.4 Å². The summed E-state index contributed by atoms with van der Waals surface area (Å²) in [5, 5.41) is 40.1. The summed E-state index contributed by atoms with van der Waals surface area (Å²) >= 11 is 0. The molecule has 14 nitrogen and oxygen atoms in total. The fourth-order valence-electron chi connectivity index (χ4n) is 3.17. The van der Waals surface area contributed by atoms with E-state index in [0.29, 0.717) is 0 Å². The average Bonchev–Trinajstić information content (AvgIpc) is 2.68. The van der Waals surface area contributed by atoms with E-state index < -0.39 is 30.3 Å². The van der Waals surface area contributed by atoms with Crippen molar-refractivity contribution in [1.29, 1.82) is 0 Å². The van der Waals surface area contributed by atoms with Crippen LogP contribution in [0.2, 0.25) is 0 Å². The van der Waals surface area contributed by atoms with Gasteiger partial charge in [0.15, 0.2) is 0 Å².